The smallest absolute Gasteiger partial charge is 0.326 e. The molecule has 1 heterocycles. The van der Waals surface area contributed by atoms with Crippen molar-refractivity contribution in [2.24, 2.45) is 0 Å². The molecule has 2 N–H and O–H groups in total. The Morgan fingerprint density at radius 2 is 1.77 bits per heavy atom. The number of aryl methyl sites for hydroxylation is 1. The van der Waals surface area contributed by atoms with Crippen LogP contribution in [0.2, 0.25) is 0 Å². The van der Waals surface area contributed by atoms with Gasteiger partial charge < -0.3 is 15.2 Å². The van der Waals surface area contributed by atoms with E-state index in [2.05, 4.69) is 34.5 Å². The second kappa shape index (κ2) is 15.0. The lowest BCUT2D eigenvalue weighted by atomic mass is 9.93. The minimum absolute atomic E-state index is 0.211. The van der Waals surface area contributed by atoms with Crippen LogP contribution in [0.15, 0.2) is 72.8 Å². The molecule has 0 bridgehead atoms. The lowest BCUT2D eigenvalue weighted by Gasteiger charge is -2.24. The number of carboxylic acids is 1. The van der Waals surface area contributed by atoms with E-state index in [4.69, 9.17) is 4.74 Å². The van der Waals surface area contributed by atoms with Gasteiger partial charge in [-0.3, -0.25) is 9.69 Å². The highest BCUT2D eigenvalue weighted by molar-refractivity contribution is 7.99. The molecule has 8 nitrogen and oxygen atoms in total. The summed E-state index contributed by atoms with van der Waals surface area (Å²) in [7, 11) is -1.66. The molecule has 4 rings (SSSR count). The molecule has 1 fully saturated rings. The topological polar surface area (TPSA) is 113 Å². The number of benzene rings is 3. The number of rotatable bonds is 14. The zero-order chi connectivity index (χ0) is 31.0. The second-order valence-corrected chi connectivity index (χ2v) is 14.7. The molecule has 1 aliphatic heterocycles. The number of thioether (sulfide) groups is 1. The van der Waals surface area contributed by atoms with E-state index < -0.39 is 27.8 Å². The summed E-state index contributed by atoms with van der Waals surface area (Å²) in [5.74, 6) is -1.20. The van der Waals surface area contributed by atoms with Crippen molar-refractivity contribution >= 4 is 33.5 Å². The van der Waals surface area contributed by atoms with Gasteiger partial charge in [-0.25, -0.2) is 13.2 Å². The van der Waals surface area contributed by atoms with Crippen molar-refractivity contribution in [1.82, 2.24) is 10.2 Å². The largest absolute Gasteiger partial charge is 0.480 e. The zero-order valence-corrected chi connectivity index (χ0v) is 26.5. The molecule has 1 aliphatic rings. The van der Waals surface area contributed by atoms with E-state index in [1.165, 1.54) is 5.56 Å². The van der Waals surface area contributed by atoms with Crippen molar-refractivity contribution in [2.45, 2.75) is 49.4 Å². The van der Waals surface area contributed by atoms with E-state index >= 15 is 0 Å². The Balaban J connectivity index is 1.56. The Kier molecular flexibility index (Phi) is 11.4. The van der Waals surface area contributed by atoms with Gasteiger partial charge in [0, 0.05) is 49.1 Å². The Bertz CT molecular complexity index is 1510. The fraction of sp³-hybridized carbons (Fsp3) is 0.394. The molecule has 0 aliphatic carbocycles. The van der Waals surface area contributed by atoms with Gasteiger partial charge in [0.15, 0.2) is 0 Å². The average molecular weight is 625 g/mol. The molecule has 3 aromatic carbocycles. The Morgan fingerprint density at radius 3 is 2.44 bits per heavy atom. The summed E-state index contributed by atoms with van der Waals surface area (Å²) < 4.78 is 28.8. The second-order valence-electron chi connectivity index (χ2n) is 11.2. The van der Waals surface area contributed by atoms with Crippen LogP contribution in [0.25, 0.3) is 11.1 Å². The van der Waals surface area contributed by atoms with Crippen LogP contribution in [0.4, 0.5) is 0 Å². The Morgan fingerprint density at radius 1 is 1.05 bits per heavy atom. The van der Waals surface area contributed by atoms with Gasteiger partial charge in [0.1, 0.15) is 15.9 Å². The molecule has 10 heteroatoms. The van der Waals surface area contributed by atoms with E-state index in [0.29, 0.717) is 29.5 Å². The van der Waals surface area contributed by atoms with Gasteiger partial charge in [-0.15, -0.1) is 0 Å². The fourth-order valence-electron chi connectivity index (χ4n) is 5.45. The molecule has 1 saturated heterocycles. The summed E-state index contributed by atoms with van der Waals surface area (Å²) in [5.41, 5.74) is 5.26. The van der Waals surface area contributed by atoms with Gasteiger partial charge in [0.25, 0.3) is 5.91 Å². The molecule has 0 spiro atoms. The number of nitrogens with one attached hydrogen (secondary N) is 1. The summed E-state index contributed by atoms with van der Waals surface area (Å²) in [4.78, 5) is 27.8. The maximum atomic E-state index is 13.5. The number of carbonyl (C=O) groups excluding carboxylic acids is 1. The number of methoxy groups -OCH3 is 1. The summed E-state index contributed by atoms with van der Waals surface area (Å²) in [5, 5.41) is 12.7. The first-order chi connectivity index (χ1) is 20.5. The number of carboxylic acid groups (broad SMARTS) is 1. The lowest BCUT2D eigenvalue weighted by molar-refractivity contribution is -0.139. The highest BCUT2D eigenvalue weighted by Gasteiger charge is 2.32. The minimum Gasteiger partial charge on any atom is -0.480 e. The van der Waals surface area contributed by atoms with Gasteiger partial charge in [0.05, 0.1) is 12.4 Å². The highest BCUT2D eigenvalue weighted by atomic mass is 32.2. The molecule has 3 aromatic rings. The number of nitrogens with zero attached hydrogens (tertiary/aromatic N) is 1. The molecule has 3 atom stereocenters. The van der Waals surface area contributed by atoms with Crippen LogP contribution in [0, 0.1) is 6.92 Å². The quantitative estimate of drug-likeness (QED) is 0.263. The predicted molar refractivity (Wildman–Crippen MR) is 172 cm³/mol. The van der Waals surface area contributed by atoms with Crippen molar-refractivity contribution in [3.8, 4) is 11.1 Å². The SMILES string of the molecule is COCC1CC(SCc2ccccc2)CN1Cc1ccc(C(=O)NC(CCS(C)(=O)=O)C(=O)O)c(-c2ccccc2C)c1. The van der Waals surface area contributed by atoms with Gasteiger partial charge in [-0.05, 0) is 59.7 Å². The van der Waals surface area contributed by atoms with Crippen LogP contribution in [0.5, 0.6) is 0 Å². The molecule has 0 radical (unpaired) electrons. The molecule has 43 heavy (non-hydrogen) atoms. The van der Waals surface area contributed by atoms with Crippen LogP contribution >= 0.6 is 11.8 Å². The standard InChI is InChI=1S/C33H40N2O6S2/c1-23-9-7-8-12-28(23)30-17-25(13-14-29(30)32(36)34-31(33(37)38)15-16-43(3,39)40)19-35-20-27(18-26(35)21-41-2)42-22-24-10-5-4-6-11-24/h4-14,17,26-27,31H,15-16,18-22H2,1-3H3,(H,34,36)(H,37,38). The van der Waals surface area contributed by atoms with Crippen molar-refractivity contribution in [2.75, 3.05) is 32.3 Å². The number of likely N-dealkylation sites (tertiary alicyclic amines) is 1. The Labute approximate surface area is 258 Å². The molecular weight excluding hydrogens is 585 g/mol. The third kappa shape index (κ3) is 9.40. The van der Waals surface area contributed by atoms with E-state index in [9.17, 15) is 23.1 Å². The van der Waals surface area contributed by atoms with E-state index in [1.54, 1.807) is 13.2 Å². The monoisotopic (exact) mass is 624 g/mol. The number of ether oxygens (including phenoxy) is 1. The lowest BCUT2D eigenvalue weighted by Crippen LogP contribution is -2.42. The molecule has 3 unspecified atom stereocenters. The van der Waals surface area contributed by atoms with Crippen LogP contribution in [0.3, 0.4) is 0 Å². The maximum Gasteiger partial charge on any atom is 0.326 e. The van der Waals surface area contributed by atoms with E-state index in [1.807, 2.05) is 61.2 Å². The minimum atomic E-state index is -3.39. The molecule has 0 aromatic heterocycles. The van der Waals surface area contributed by atoms with Crippen molar-refractivity contribution in [3.05, 3.63) is 95.1 Å². The van der Waals surface area contributed by atoms with Gasteiger partial charge in [-0.2, -0.15) is 11.8 Å². The highest BCUT2D eigenvalue weighted by Crippen LogP contribution is 2.33. The maximum absolute atomic E-state index is 13.5. The number of sulfone groups is 1. The number of aliphatic carboxylic acids is 1. The number of carbonyl (C=O) groups is 2. The Hall–Kier alpha value is -3.18. The van der Waals surface area contributed by atoms with Crippen molar-refractivity contribution < 1.29 is 27.9 Å². The first kappa shape index (κ1) is 32.7. The first-order valence-corrected chi connectivity index (χ1v) is 17.4. The number of amides is 1. The zero-order valence-electron chi connectivity index (χ0n) is 24.9. The van der Waals surface area contributed by atoms with Crippen LogP contribution < -0.4 is 5.32 Å². The summed E-state index contributed by atoms with van der Waals surface area (Å²) in [6, 6.07) is 22.9. The third-order valence-electron chi connectivity index (χ3n) is 7.71. The molecule has 1 amide bonds. The number of hydrogen-bond donors (Lipinski definition) is 2. The van der Waals surface area contributed by atoms with Crippen molar-refractivity contribution in [1.29, 1.82) is 0 Å². The van der Waals surface area contributed by atoms with Crippen LogP contribution in [-0.2, 0) is 31.7 Å². The summed E-state index contributed by atoms with van der Waals surface area (Å²) in [6.07, 6.45) is 1.86. The van der Waals surface area contributed by atoms with Gasteiger partial charge in [-0.1, -0.05) is 60.7 Å². The predicted octanol–water partition coefficient (Wildman–Crippen LogP) is 4.80. The van der Waals surface area contributed by atoms with Crippen LogP contribution in [0.1, 0.15) is 39.9 Å². The average Bonchev–Trinajstić information content (AvgIpc) is 3.35. The summed E-state index contributed by atoms with van der Waals surface area (Å²) in [6.45, 7) is 4.22. The number of hydrogen-bond acceptors (Lipinski definition) is 7. The molecular formula is C33H40N2O6S2. The van der Waals surface area contributed by atoms with Gasteiger partial charge >= 0.3 is 5.97 Å². The molecule has 0 saturated carbocycles. The molecule has 230 valence electrons. The first-order valence-electron chi connectivity index (χ1n) is 14.3. The third-order valence-corrected chi connectivity index (χ3v) is 10.00. The normalized spacial score (nSPS) is 17.9. The van der Waals surface area contributed by atoms with E-state index in [-0.39, 0.29) is 18.2 Å². The van der Waals surface area contributed by atoms with E-state index in [0.717, 1.165) is 41.7 Å². The fourth-order valence-corrected chi connectivity index (χ4v) is 7.39. The van der Waals surface area contributed by atoms with Gasteiger partial charge in [0.2, 0.25) is 0 Å². The van der Waals surface area contributed by atoms with Crippen molar-refractivity contribution in [3.63, 3.8) is 0 Å². The summed E-state index contributed by atoms with van der Waals surface area (Å²) >= 11 is 1.97. The van der Waals surface area contributed by atoms with Crippen LogP contribution in [-0.4, -0.2) is 79.9 Å².